The monoisotopic (exact) mass is 351 g/mol. The van der Waals surface area contributed by atoms with Gasteiger partial charge in [0.15, 0.2) is 11.5 Å². The minimum absolute atomic E-state index is 0.195. The van der Waals surface area contributed by atoms with E-state index in [-0.39, 0.29) is 20.7 Å². The second-order valence-electron chi connectivity index (χ2n) is 4.29. The molecule has 0 atom stereocenters. The van der Waals surface area contributed by atoms with E-state index in [1.165, 1.54) is 14.3 Å². The van der Waals surface area contributed by atoms with Gasteiger partial charge in [-0.25, -0.2) is 4.98 Å². The van der Waals surface area contributed by atoms with Crippen LogP contribution in [0.15, 0.2) is 28.7 Å². The van der Waals surface area contributed by atoms with E-state index in [2.05, 4.69) is 30.1 Å². The van der Waals surface area contributed by atoms with Crippen LogP contribution in [0.4, 0.5) is 0 Å². The Bertz CT molecular complexity index is 833. The van der Waals surface area contributed by atoms with Gasteiger partial charge in [-0.3, -0.25) is 0 Å². The van der Waals surface area contributed by atoms with Crippen LogP contribution in [0.25, 0.3) is 21.9 Å². The van der Waals surface area contributed by atoms with Crippen molar-refractivity contribution < 1.29 is 9.15 Å². The number of aromatic nitrogens is 1. The van der Waals surface area contributed by atoms with Crippen LogP contribution in [0.5, 0.6) is 5.75 Å². The highest BCUT2D eigenvalue weighted by molar-refractivity contribution is 14.2. The van der Waals surface area contributed by atoms with Crippen molar-refractivity contribution in [3.63, 3.8) is 0 Å². The van der Waals surface area contributed by atoms with E-state index in [9.17, 15) is 0 Å². The zero-order valence-electron chi connectivity index (χ0n) is 9.95. The minimum atomic E-state index is -0.195. The summed E-state index contributed by atoms with van der Waals surface area (Å²) in [6, 6.07) is 8.25. The SMILES string of the molecule is CC1=Ic2c(ccc3ccc4oc(C)nc4c23)O1. The summed E-state index contributed by atoms with van der Waals surface area (Å²) < 4.78 is 13.9. The van der Waals surface area contributed by atoms with E-state index in [0.717, 1.165) is 20.5 Å². The predicted octanol–water partition coefficient (Wildman–Crippen LogP) is 3.97. The molecule has 18 heavy (non-hydrogen) atoms. The highest BCUT2D eigenvalue weighted by atomic mass is 127. The smallest absolute Gasteiger partial charge is 0.192 e. The Labute approximate surface area is 114 Å². The van der Waals surface area contributed by atoms with Gasteiger partial charge in [0.25, 0.3) is 0 Å². The molecule has 0 spiro atoms. The normalized spacial score (nSPS) is 14.2. The number of hydrogen-bond donors (Lipinski definition) is 0. The van der Waals surface area contributed by atoms with Gasteiger partial charge < -0.3 is 9.15 Å². The third kappa shape index (κ3) is 1.35. The second kappa shape index (κ2) is 3.54. The fourth-order valence-electron chi connectivity index (χ4n) is 2.33. The van der Waals surface area contributed by atoms with Crippen molar-refractivity contribution in [2.75, 3.05) is 0 Å². The van der Waals surface area contributed by atoms with Crippen LogP contribution in [0.1, 0.15) is 12.8 Å². The summed E-state index contributed by atoms with van der Waals surface area (Å²) in [7, 11) is 0. The van der Waals surface area contributed by atoms with Crippen LogP contribution < -0.4 is 4.74 Å². The lowest BCUT2D eigenvalue weighted by atomic mass is 10.1. The van der Waals surface area contributed by atoms with E-state index in [1.54, 1.807) is 0 Å². The molecular weight excluding hydrogens is 341 g/mol. The Hall–Kier alpha value is -1.43. The maximum atomic E-state index is 5.78. The number of ether oxygens (including phenoxy) is 1. The largest absolute Gasteiger partial charge is 0.455 e. The molecule has 0 bridgehead atoms. The minimum Gasteiger partial charge on any atom is -0.455 e. The summed E-state index contributed by atoms with van der Waals surface area (Å²) >= 11 is -0.195. The Kier molecular flexibility index (Phi) is 2.06. The molecule has 4 rings (SSSR count). The van der Waals surface area contributed by atoms with Crippen LogP contribution in [-0.4, -0.2) is 8.68 Å². The molecule has 0 N–H and O–H groups in total. The number of hydrogen-bond acceptors (Lipinski definition) is 3. The van der Waals surface area contributed by atoms with E-state index in [1.807, 2.05) is 13.0 Å². The van der Waals surface area contributed by atoms with Crippen LogP contribution in [0.2, 0.25) is 0 Å². The molecule has 0 amide bonds. The first-order valence-corrected chi connectivity index (χ1v) is 7.87. The number of oxazole rings is 1. The topological polar surface area (TPSA) is 35.3 Å². The Morgan fingerprint density at radius 1 is 1.11 bits per heavy atom. The third-order valence-electron chi connectivity index (χ3n) is 3.03. The van der Waals surface area contributed by atoms with Gasteiger partial charge in [-0.15, -0.1) is 0 Å². The molecule has 0 aliphatic carbocycles. The van der Waals surface area contributed by atoms with Crippen LogP contribution >= 0.6 is 20.7 Å². The number of nitrogens with zero attached hydrogens (tertiary/aromatic N) is 1. The van der Waals surface area contributed by atoms with Crippen molar-refractivity contribution in [2.45, 2.75) is 13.8 Å². The van der Waals surface area contributed by atoms with Gasteiger partial charge in [0.05, 0.1) is 3.57 Å². The lowest BCUT2D eigenvalue weighted by Gasteiger charge is -2.03. The number of halogens is 1. The van der Waals surface area contributed by atoms with Crippen molar-refractivity contribution in [3.05, 3.63) is 33.7 Å². The lowest BCUT2D eigenvalue weighted by Crippen LogP contribution is -1.94. The molecule has 1 aromatic heterocycles. The van der Waals surface area contributed by atoms with E-state index in [0.29, 0.717) is 5.89 Å². The van der Waals surface area contributed by atoms with Crippen LogP contribution in [0, 0.1) is 10.5 Å². The number of benzene rings is 2. The maximum absolute atomic E-state index is 5.78. The van der Waals surface area contributed by atoms with Crippen LogP contribution in [0.3, 0.4) is 0 Å². The molecule has 3 aromatic rings. The summed E-state index contributed by atoms with van der Waals surface area (Å²) in [5, 5.41) is 2.43. The quantitative estimate of drug-likeness (QED) is 0.575. The molecule has 4 heteroatoms. The highest BCUT2D eigenvalue weighted by Gasteiger charge is 2.18. The molecule has 0 radical (unpaired) electrons. The van der Waals surface area contributed by atoms with E-state index in [4.69, 9.17) is 9.15 Å². The Morgan fingerprint density at radius 2 is 1.94 bits per heavy atom. The van der Waals surface area contributed by atoms with E-state index >= 15 is 0 Å². The molecule has 0 fully saturated rings. The molecule has 1 aliphatic rings. The standard InChI is InChI=1S/C14H10INO2/c1-7-15-13-10(17-7)5-3-9-4-6-11-14(12(9)13)16-8(2)18-11/h3-6H,1-2H3. The van der Waals surface area contributed by atoms with Crippen molar-refractivity contribution in [1.82, 2.24) is 4.98 Å². The predicted molar refractivity (Wildman–Crippen MR) is 80.3 cm³/mol. The first-order chi connectivity index (χ1) is 8.72. The maximum Gasteiger partial charge on any atom is 0.192 e. The van der Waals surface area contributed by atoms with Crippen LogP contribution in [-0.2, 0) is 0 Å². The molecule has 0 saturated carbocycles. The molecule has 1 aliphatic heterocycles. The molecule has 3 nitrogen and oxygen atoms in total. The number of fused-ring (bicyclic) bond motifs is 5. The van der Waals surface area contributed by atoms with Gasteiger partial charge in [0, 0.05) is 12.3 Å². The molecule has 0 unspecified atom stereocenters. The Balaban J connectivity index is 2.26. The fraction of sp³-hybridized carbons (Fsp3) is 0.143. The molecule has 90 valence electrons. The zero-order valence-corrected chi connectivity index (χ0v) is 12.1. The highest BCUT2D eigenvalue weighted by Crippen LogP contribution is 2.40. The number of aryl methyl sites for hydroxylation is 1. The first kappa shape index (κ1) is 10.5. The summed E-state index contributed by atoms with van der Waals surface area (Å²) in [6.45, 7) is 3.95. The van der Waals surface area contributed by atoms with Gasteiger partial charge >= 0.3 is 0 Å². The van der Waals surface area contributed by atoms with Gasteiger partial charge in [-0.2, -0.15) is 0 Å². The third-order valence-corrected chi connectivity index (χ3v) is 5.62. The van der Waals surface area contributed by atoms with Gasteiger partial charge in [0.2, 0.25) is 0 Å². The number of rotatable bonds is 0. The molecule has 2 aromatic carbocycles. The van der Waals surface area contributed by atoms with Gasteiger partial charge in [0.1, 0.15) is 15.0 Å². The summed E-state index contributed by atoms with van der Waals surface area (Å²) in [5.41, 5.74) is 1.84. The summed E-state index contributed by atoms with van der Waals surface area (Å²) in [4.78, 5) is 4.53. The van der Waals surface area contributed by atoms with Crippen molar-refractivity contribution in [2.24, 2.45) is 0 Å². The van der Waals surface area contributed by atoms with Gasteiger partial charge in [-0.1, -0.05) is 12.1 Å². The fourth-order valence-corrected chi connectivity index (χ4v) is 4.83. The Morgan fingerprint density at radius 3 is 2.83 bits per heavy atom. The van der Waals surface area contributed by atoms with Crippen molar-refractivity contribution >= 4 is 46.3 Å². The van der Waals surface area contributed by atoms with Gasteiger partial charge in [-0.05, 0) is 45.2 Å². The average molecular weight is 351 g/mol. The molecule has 0 saturated heterocycles. The van der Waals surface area contributed by atoms with E-state index < -0.39 is 0 Å². The van der Waals surface area contributed by atoms with Crippen molar-refractivity contribution in [1.29, 1.82) is 0 Å². The lowest BCUT2D eigenvalue weighted by molar-refractivity contribution is 0.561. The summed E-state index contributed by atoms with van der Waals surface area (Å²) in [5.74, 6) is 1.72. The summed E-state index contributed by atoms with van der Waals surface area (Å²) in [6.07, 6.45) is 0. The average Bonchev–Trinajstić information content (AvgIpc) is 2.88. The first-order valence-electron chi connectivity index (χ1n) is 5.71. The molecule has 2 heterocycles. The second-order valence-corrected chi connectivity index (χ2v) is 7.43. The zero-order chi connectivity index (χ0) is 12.3. The van der Waals surface area contributed by atoms with Crippen molar-refractivity contribution in [3.8, 4) is 5.75 Å². The molecular formula is C14H10INO2.